The summed E-state index contributed by atoms with van der Waals surface area (Å²) in [6.07, 6.45) is 1.66. The molecular formula is C14H20N2O2S. The van der Waals surface area contributed by atoms with E-state index in [1.54, 1.807) is 0 Å². The third-order valence-electron chi connectivity index (χ3n) is 4.55. The largest absolute Gasteiger partial charge is 0.329 e. The van der Waals surface area contributed by atoms with Gasteiger partial charge in [-0.15, -0.1) is 0 Å². The normalized spacial score (nSPS) is 30.2. The van der Waals surface area contributed by atoms with Crippen LogP contribution < -0.4 is 5.73 Å². The topological polar surface area (TPSA) is 63.4 Å². The highest BCUT2D eigenvalue weighted by atomic mass is 32.2. The summed E-state index contributed by atoms with van der Waals surface area (Å²) in [6, 6.07) is 8.40. The van der Waals surface area contributed by atoms with E-state index < -0.39 is 9.84 Å². The molecule has 0 bridgehead atoms. The Hall–Kier alpha value is -0.910. The number of fused-ring (bicyclic) bond motifs is 1. The van der Waals surface area contributed by atoms with E-state index in [-0.39, 0.29) is 17.0 Å². The SMILES string of the molecule is NCC1(N2CCc3ccccc3C2)CCS(=O)(=O)C1. The summed E-state index contributed by atoms with van der Waals surface area (Å²) in [5.74, 6) is 0.501. The molecule has 1 aromatic rings. The Kier molecular flexibility index (Phi) is 3.15. The second kappa shape index (κ2) is 4.58. The molecule has 2 N–H and O–H groups in total. The Morgan fingerprint density at radius 3 is 2.63 bits per heavy atom. The van der Waals surface area contributed by atoms with Gasteiger partial charge in [-0.3, -0.25) is 4.90 Å². The predicted molar refractivity (Wildman–Crippen MR) is 75.6 cm³/mol. The number of nitrogens with zero attached hydrogens (tertiary/aromatic N) is 1. The fourth-order valence-electron chi connectivity index (χ4n) is 3.34. The smallest absolute Gasteiger partial charge is 0.152 e. The van der Waals surface area contributed by atoms with E-state index in [1.807, 2.05) is 6.07 Å². The molecule has 0 amide bonds. The Labute approximate surface area is 114 Å². The van der Waals surface area contributed by atoms with Crippen LogP contribution >= 0.6 is 0 Å². The van der Waals surface area contributed by atoms with Gasteiger partial charge < -0.3 is 5.73 Å². The summed E-state index contributed by atoms with van der Waals surface area (Å²) in [5, 5.41) is 0. The second-order valence-corrected chi connectivity index (χ2v) is 7.89. The van der Waals surface area contributed by atoms with Gasteiger partial charge in [-0.1, -0.05) is 24.3 Å². The van der Waals surface area contributed by atoms with E-state index in [4.69, 9.17) is 5.73 Å². The van der Waals surface area contributed by atoms with Gasteiger partial charge in [-0.25, -0.2) is 8.42 Å². The van der Waals surface area contributed by atoms with Crippen molar-refractivity contribution < 1.29 is 8.42 Å². The molecule has 0 radical (unpaired) electrons. The number of hydrogen-bond acceptors (Lipinski definition) is 4. The summed E-state index contributed by atoms with van der Waals surface area (Å²) in [7, 11) is -2.91. The standard InChI is InChI=1S/C14H20N2O2S/c15-10-14(6-8-19(17,18)11-14)16-7-5-12-3-1-2-4-13(12)9-16/h1-4H,5-11,15H2. The number of benzene rings is 1. The lowest BCUT2D eigenvalue weighted by molar-refractivity contribution is 0.101. The molecule has 2 aliphatic heterocycles. The molecule has 2 heterocycles. The highest BCUT2D eigenvalue weighted by Gasteiger charge is 2.46. The van der Waals surface area contributed by atoms with Crippen molar-refractivity contribution in [3.05, 3.63) is 35.4 Å². The van der Waals surface area contributed by atoms with Gasteiger partial charge in [-0.2, -0.15) is 0 Å². The first-order chi connectivity index (χ1) is 9.05. The average Bonchev–Trinajstić information content (AvgIpc) is 2.75. The highest BCUT2D eigenvalue weighted by Crippen LogP contribution is 2.33. The van der Waals surface area contributed by atoms with Crippen LogP contribution in [0.25, 0.3) is 0 Å². The molecule has 4 nitrogen and oxygen atoms in total. The lowest BCUT2D eigenvalue weighted by Gasteiger charge is -2.42. The zero-order valence-corrected chi connectivity index (χ0v) is 11.8. The zero-order valence-electron chi connectivity index (χ0n) is 11.0. The summed E-state index contributed by atoms with van der Waals surface area (Å²) < 4.78 is 23.6. The van der Waals surface area contributed by atoms with Crippen LogP contribution in [-0.4, -0.2) is 43.5 Å². The van der Waals surface area contributed by atoms with Crippen molar-refractivity contribution in [3.8, 4) is 0 Å². The van der Waals surface area contributed by atoms with Gasteiger partial charge in [0.2, 0.25) is 0 Å². The average molecular weight is 280 g/mol. The van der Waals surface area contributed by atoms with Crippen molar-refractivity contribution in [2.24, 2.45) is 5.73 Å². The van der Waals surface area contributed by atoms with Crippen LogP contribution in [0.2, 0.25) is 0 Å². The minimum atomic E-state index is -2.91. The van der Waals surface area contributed by atoms with Crippen LogP contribution in [0.4, 0.5) is 0 Å². The van der Waals surface area contributed by atoms with Gasteiger partial charge >= 0.3 is 0 Å². The van der Waals surface area contributed by atoms with Gasteiger partial charge in [0, 0.05) is 25.2 Å². The lowest BCUT2D eigenvalue weighted by atomic mass is 9.91. The second-order valence-electron chi connectivity index (χ2n) is 5.71. The van der Waals surface area contributed by atoms with E-state index in [0.29, 0.717) is 13.0 Å². The molecule has 2 aliphatic rings. The Morgan fingerprint density at radius 1 is 1.26 bits per heavy atom. The quantitative estimate of drug-likeness (QED) is 0.860. The molecule has 0 aromatic heterocycles. The van der Waals surface area contributed by atoms with Crippen molar-refractivity contribution in [1.82, 2.24) is 4.90 Å². The number of sulfone groups is 1. The van der Waals surface area contributed by atoms with Crippen LogP contribution in [0.5, 0.6) is 0 Å². The van der Waals surface area contributed by atoms with Crippen LogP contribution in [0.1, 0.15) is 17.5 Å². The Bertz CT molecular complexity index is 585. The fraction of sp³-hybridized carbons (Fsp3) is 0.571. The lowest BCUT2D eigenvalue weighted by Crippen LogP contribution is -2.56. The van der Waals surface area contributed by atoms with E-state index >= 15 is 0 Å². The third kappa shape index (κ3) is 2.30. The van der Waals surface area contributed by atoms with Crippen molar-refractivity contribution in [2.45, 2.75) is 24.9 Å². The molecule has 3 rings (SSSR count). The van der Waals surface area contributed by atoms with Gasteiger partial charge in [0.25, 0.3) is 0 Å². The van der Waals surface area contributed by atoms with Gasteiger partial charge in [0.05, 0.1) is 11.5 Å². The van der Waals surface area contributed by atoms with Crippen molar-refractivity contribution in [1.29, 1.82) is 0 Å². The molecule has 1 fully saturated rings. The first-order valence-corrected chi connectivity index (χ1v) is 8.59. The van der Waals surface area contributed by atoms with Crippen LogP contribution in [-0.2, 0) is 22.8 Å². The minimum absolute atomic E-state index is 0.221. The van der Waals surface area contributed by atoms with Gasteiger partial charge in [0.15, 0.2) is 9.84 Å². The highest BCUT2D eigenvalue weighted by molar-refractivity contribution is 7.91. The first-order valence-electron chi connectivity index (χ1n) is 6.77. The summed E-state index contributed by atoms with van der Waals surface area (Å²) in [6.45, 7) is 2.15. The van der Waals surface area contributed by atoms with Gasteiger partial charge in [0.1, 0.15) is 0 Å². The summed E-state index contributed by atoms with van der Waals surface area (Å²) >= 11 is 0. The molecule has 1 unspecified atom stereocenters. The van der Waals surface area contributed by atoms with Crippen molar-refractivity contribution >= 4 is 9.84 Å². The number of rotatable bonds is 2. The maximum atomic E-state index is 11.8. The Morgan fingerprint density at radius 2 is 2.00 bits per heavy atom. The zero-order chi connectivity index (χ0) is 13.5. The molecule has 0 spiro atoms. The fourth-order valence-corrected chi connectivity index (χ4v) is 5.44. The summed E-state index contributed by atoms with van der Waals surface area (Å²) in [4.78, 5) is 2.29. The molecule has 104 valence electrons. The third-order valence-corrected chi connectivity index (χ3v) is 6.35. The first kappa shape index (κ1) is 13.1. The maximum absolute atomic E-state index is 11.8. The molecule has 1 aromatic carbocycles. The number of hydrogen-bond donors (Lipinski definition) is 1. The van der Waals surface area contributed by atoms with Gasteiger partial charge in [-0.05, 0) is 24.0 Å². The minimum Gasteiger partial charge on any atom is -0.329 e. The van der Waals surface area contributed by atoms with E-state index in [1.165, 1.54) is 11.1 Å². The molecule has 0 aliphatic carbocycles. The van der Waals surface area contributed by atoms with E-state index in [2.05, 4.69) is 23.1 Å². The molecule has 19 heavy (non-hydrogen) atoms. The molecular weight excluding hydrogens is 260 g/mol. The van der Waals surface area contributed by atoms with Crippen LogP contribution in [0.15, 0.2) is 24.3 Å². The van der Waals surface area contributed by atoms with Crippen molar-refractivity contribution in [3.63, 3.8) is 0 Å². The monoisotopic (exact) mass is 280 g/mol. The van der Waals surface area contributed by atoms with E-state index in [0.717, 1.165) is 19.5 Å². The number of nitrogens with two attached hydrogens (primary N) is 1. The van der Waals surface area contributed by atoms with Crippen LogP contribution in [0, 0.1) is 0 Å². The molecule has 5 heteroatoms. The molecule has 1 saturated heterocycles. The van der Waals surface area contributed by atoms with Crippen LogP contribution in [0.3, 0.4) is 0 Å². The Balaban J connectivity index is 1.88. The van der Waals surface area contributed by atoms with Crippen molar-refractivity contribution in [2.75, 3.05) is 24.6 Å². The predicted octanol–water partition coefficient (Wildman–Crippen LogP) is 0.561. The maximum Gasteiger partial charge on any atom is 0.152 e. The summed E-state index contributed by atoms with van der Waals surface area (Å²) in [5.41, 5.74) is 8.29. The molecule has 0 saturated carbocycles. The molecule has 1 atom stereocenters. The van der Waals surface area contributed by atoms with E-state index in [9.17, 15) is 8.42 Å².